The Kier molecular flexibility index (Phi) is 3.00. The van der Waals surface area contributed by atoms with Crippen LogP contribution in [0.1, 0.15) is 30.5 Å². The second-order valence-corrected chi connectivity index (χ2v) is 5.44. The standard InChI is InChI=1S/C15H18N4/c1-3-19(2)9-11-7-12(11)15-13-6-10(8-16)4-5-14(13)17-18-15/h4-6,11-12H,3,7,9H2,1-2H3,(H,17,18). The first kappa shape index (κ1) is 12.2. The van der Waals surface area contributed by atoms with Gasteiger partial charge in [-0.1, -0.05) is 6.92 Å². The number of hydrogen-bond donors (Lipinski definition) is 1. The third kappa shape index (κ3) is 2.22. The van der Waals surface area contributed by atoms with Gasteiger partial charge in [-0.2, -0.15) is 10.4 Å². The maximum Gasteiger partial charge on any atom is 0.0991 e. The molecular formula is C15H18N4. The molecule has 3 rings (SSSR count). The molecule has 0 spiro atoms. The number of aromatic nitrogens is 2. The topological polar surface area (TPSA) is 55.7 Å². The summed E-state index contributed by atoms with van der Waals surface area (Å²) < 4.78 is 0. The zero-order valence-corrected chi connectivity index (χ0v) is 11.3. The number of nitrogens with one attached hydrogen (secondary N) is 1. The minimum absolute atomic E-state index is 0.577. The van der Waals surface area contributed by atoms with Gasteiger partial charge in [-0.05, 0) is 44.1 Å². The van der Waals surface area contributed by atoms with Crippen molar-refractivity contribution in [2.45, 2.75) is 19.3 Å². The summed E-state index contributed by atoms with van der Waals surface area (Å²) in [6, 6.07) is 7.89. The average molecular weight is 254 g/mol. The van der Waals surface area contributed by atoms with Gasteiger partial charge in [0, 0.05) is 23.5 Å². The summed E-state index contributed by atoms with van der Waals surface area (Å²) in [5, 5.41) is 17.6. The van der Waals surface area contributed by atoms with Crippen molar-refractivity contribution in [3.8, 4) is 6.07 Å². The number of aromatic amines is 1. The number of benzene rings is 1. The Morgan fingerprint density at radius 2 is 2.37 bits per heavy atom. The third-order valence-corrected chi connectivity index (χ3v) is 4.09. The summed E-state index contributed by atoms with van der Waals surface area (Å²) in [7, 11) is 2.16. The molecule has 0 bridgehead atoms. The smallest absolute Gasteiger partial charge is 0.0991 e. The van der Waals surface area contributed by atoms with Crippen LogP contribution in [0.3, 0.4) is 0 Å². The minimum Gasteiger partial charge on any atom is -0.306 e. The highest BCUT2D eigenvalue weighted by Gasteiger charge is 2.40. The molecule has 2 atom stereocenters. The van der Waals surface area contributed by atoms with E-state index in [1.165, 1.54) is 12.1 Å². The Bertz CT molecular complexity index is 637. The third-order valence-electron chi connectivity index (χ3n) is 4.09. The Hall–Kier alpha value is -1.86. The number of hydrogen-bond acceptors (Lipinski definition) is 3. The first-order valence-corrected chi connectivity index (χ1v) is 6.79. The second-order valence-electron chi connectivity index (χ2n) is 5.44. The van der Waals surface area contributed by atoms with Crippen LogP contribution in [0.25, 0.3) is 10.9 Å². The normalized spacial score (nSPS) is 21.8. The molecule has 2 unspecified atom stereocenters. The maximum absolute atomic E-state index is 9.00. The number of fused-ring (bicyclic) bond motifs is 1. The summed E-state index contributed by atoms with van der Waals surface area (Å²) in [6.07, 6.45) is 1.22. The predicted octanol–water partition coefficient (Wildman–Crippen LogP) is 2.49. The van der Waals surface area contributed by atoms with Gasteiger partial charge in [0.05, 0.1) is 17.1 Å². The lowest BCUT2D eigenvalue weighted by Gasteiger charge is -2.12. The van der Waals surface area contributed by atoms with E-state index in [2.05, 4.69) is 35.1 Å². The van der Waals surface area contributed by atoms with Gasteiger partial charge >= 0.3 is 0 Å². The molecule has 0 amide bonds. The zero-order valence-electron chi connectivity index (χ0n) is 11.3. The van der Waals surface area contributed by atoms with Crippen LogP contribution in [0.5, 0.6) is 0 Å². The molecule has 0 aliphatic heterocycles. The van der Waals surface area contributed by atoms with Crippen LogP contribution in [0.15, 0.2) is 18.2 Å². The Balaban J connectivity index is 1.85. The van der Waals surface area contributed by atoms with Crippen LogP contribution < -0.4 is 0 Å². The van der Waals surface area contributed by atoms with Crippen LogP contribution in [0.2, 0.25) is 0 Å². The highest BCUT2D eigenvalue weighted by Crippen LogP contribution is 2.48. The highest BCUT2D eigenvalue weighted by molar-refractivity contribution is 5.83. The molecule has 4 heteroatoms. The Labute approximate surface area is 113 Å². The van der Waals surface area contributed by atoms with E-state index >= 15 is 0 Å². The fraction of sp³-hybridized carbons (Fsp3) is 0.467. The molecule has 0 radical (unpaired) electrons. The molecule has 1 aromatic carbocycles. The van der Waals surface area contributed by atoms with Gasteiger partial charge in [0.25, 0.3) is 0 Å². The first-order valence-electron chi connectivity index (χ1n) is 6.79. The molecule has 19 heavy (non-hydrogen) atoms. The fourth-order valence-electron chi connectivity index (χ4n) is 2.71. The van der Waals surface area contributed by atoms with Gasteiger partial charge in [-0.15, -0.1) is 0 Å². The lowest BCUT2D eigenvalue weighted by Crippen LogP contribution is -2.20. The number of rotatable bonds is 4. The van der Waals surface area contributed by atoms with Crippen molar-refractivity contribution in [3.05, 3.63) is 29.5 Å². The highest BCUT2D eigenvalue weighted by atomic mass is 15.1. The van der Waals surface area contributed by atoms with Crippen molar-refractivity contribution in [2.24, 2.45) is 5.92 Å². The van der Waals surface area contributed by atoms with Crippen molar-refractivity contribution < 1.29 is 0 Å². The summed E-state index contributed by atoms with van der Waals surface area (Å²) in [6.45, 7) is 4.41. The summed E-state index contributed by atoms with van der Waals surface area (Å²) in [5.41, 5.74) is 2.88. The van der Waals surface area contributed by atoms with Gasteiger partial charge in [0.2, 0.25) is 0 Å². The van der Waals surface area contributed by atoms with Crippen molar-refractivity contribution in [3.63, 3.8) is 0 Å². The molecule has 1 heterocycles. The van der Waals surface area contributed by atoms with Gasteiger partial charge in [0.1, 0.15) is 0 Å². The molecule has 2 aromatic rings. The van der Waals surface area contributed by atoms with Crippen molar-refractivity contribution >= 4 is 10.9 Å². The largest absolute Gasteiger partial charge is 0.306 e. The number of nitriles is 1. The molecule has 0 saturated heterocycles. The summed E-state index contributed by atoms with van der Waals surface area (Å²) >= 11 is 0. The molecule has 1 aromatic heterocycles. The SMILES string of the molecule is CCN(C)CC1CC1c1[nH]nc2ccc(C#N)cc12. The fourth-order valence-corrected chi connectivity index (χ4v) is 2.71. The van der Waals surface area contributed by atoms with Gasteiger partial charge < -0.3 is 4.90 Å². The molecule has 1 fully saturated rings. The molecule has 4 nitrogen and oxygen atoms in total. The lowest BCUT2D eigenvalue weighted by molar-refractivity contribution is 0.335. The van der Waals surface area contributed by atoms with Crippen LogP contribution in [-0.4, -0.2) is 35.2 Å². The van der Waals surface area contributed by atoms with Crippen molar-refractivity contribution in [1.82, 2.24) is 15.1 Å². The molecule has 1 aliphatic carbocycles. The van der Waals surface area contributed by atoms with E-state index in [4.69, 9.17) is 5.26 Å². The molecule has 98 valence electrons. The second kappa shape index (κ2) is 4.67. The quantitative estimate of drug-likeness (QED) is 0.912. The van der Waals surface area contributed by atoms with Crippen molar-refractivity contribution in [1.29, 1.82) is 5.26 Å². The molecule has 1 N–H and O–H groups in total. The van der Waals surface area contributed by atoms with Crippen LogP contribution >= 0.6 is 0 Å². The summed E-state index contributed by atoms with van der Waals surface area (Å²) in [4.78, 5) is 2.35. The van der Waals surface area contributed by atoms with E-state index in [1.54, 1.807) is 0 Å². The van der Waals surface area contributed by atoms with Crippen LogP contribution in [0, 0.1) is 17.2 Å². The lowest BCUT2D eigenvalue weighted by atomic mass is 10.1. The Morgan fingerprint density at radius 3 is 3.11 bits per heavy atom. The monoisotopic (exact) mass is 254 g/mol. The molecule has 1 aliphatic rings. The van der Waals surface area contributed by atoms with E-state index in [0.717, 1.165) is 29.9 Å². The van der Waals surface area contributed by atoms with Gasteiger partial charge in [-0.25, -0.2) is 0 Å². The van der Waals surface area contributed by atoms with Crippen LogP contribution in [-0.2, 0) is 0 Å². The predicted molar refractivity (Wildman–Crippen MR) is 74.8 cm³/mol. The average Bonchev–Trinajstić information content (AvgIpc) is 3.06. The minimum atomic E-state index is 0.577. The summed E-state index contributed by atoms with van der Waals surface area (Å²) in [5.74, 6) is 1.30. The van der Waals surface area contributed by atoms with E-state index in [9.17, 15) is 0 Å². The Morgan fingerprint density at radius 1 is 1.53 bits per heavy atom. The van der Waals surface area contributed by atoms with E-state index in [-0.39, 0.29) is 0 Å². The zero-order chi connectivity index (χ0) is 13.4. The number of H-pyrrole nitrogens is 1. The molecule has 1 saturated carbocycles. The van der Waals surface area contributed by atoms with Crippen molar-refractivity contribution in [2.75, 3.05) is 20.1 Å². The molecular weight excluding hydrogens is 236 g/mol. The number of nitrogens with zero attached hydrogens (tertiary/aromatic N) is 3. The van der Waals surface area contributed by atoms with Crippen LogP contribution in [0.4, 0.5) is 0 Å². The van der Waals surface area contributed by atoms with Gasteiger partial charge in [-0.3, -0.25) is 5.10 Å². The maximum atomic E-state index is 9.00. The van der Waals surface area contributed by atoms with E-state index < -0.39 is 0 Å². The van der Waals surface area contributed by atoms with E-state index in [1.807, 2.05) is 18.2 Å². The van der Waals surface area contributed by atoms with E-state index in [0.29, 0.717) is 11.5 Å². The van der Waals surface area contributed by atoms with Gasteiger partial charge in [0.15, 0.2) is 0 Å². The first-order chi connectivity index (χ1) is 9.22.